The molecular weight excluding hydrogens is 464 g/mol. The lowest BCUT2D eigenvalue weighted by molar-refractivity contribution is 0.0941. The lowest BCUT2D eigenvalue weighted by atomic mass is 9.99. The van der Waals surface area contributed by atoms with Gasteiger partial charge in [-0.25, -0.2) is 4.98 Å². The highest BCUT2D eigenvalue weighted by Gasteiger charge is 2.23. The molecule has 1 amide bonds. The number of hydrogen-bond acceptors (Lipinski definition) is 7. The molecule has 0 spiro atoms. The van der Waals surface area contributed by atoms with Gasteiger partial charge in [0.1, 0.15) is 6.04 Å². The molecule has 35 heavy (non-hydrogen) atoms. The number of carbonyl (C=O) groups is 1. The Balaban J connectivity index is 1.54. The molecule has 1 aliphatic heterocycles. The van der Waals surface area contributed by atoms with Crippen molar-refractivity contribution in [2.45, 2.75) is 18.5 Å². The van der Waals surface area contributed by atoms with E-state index in [9.17, 15) is 9.90 Å². The molecular formula is C26H23ClN6O2. The van der Waals surface area contributed by atoms with Crippen molar-refractivity contribution >= 4 is 34.6 Å². The van der Waals surface area contributed by atoms with E-state index in [0.29, 0.717) is 34.6 Å². The van der Waals surface area contributed by atoms with Crippen LogP contribution < -0.4 is 16.5 Å². The molecule has 0 radical (unpaired) electrons. The van der Waals surface area contributed by atoms with E-state index < -0.39 is 6.04 Å². The number of fused-ring (bicyclic) bond motifs is 1. The highest BCUT2D eigenvalue weighted by Crippen LogP contribution is 2.30. The number of aromatic nitrogens is 2. The number of halogens is 1. The fourth-order valence-electron chi connectivity index (χ4n) is 4.06. The highest BCUT2D eigenvalue weighted by atomic mass is 35.5. The summed E-state index contributed by atoms with van der Waals surface area (Å²) in [6, 6.07) is 19.1. The monoisotopic (exact) mass is 486 g/mol. The Kier molecular flexibility index (Phi) is 6.31. The third-order valence-corrected chi connectivity index (χ3v) is 6.22. The van der Waals surface area contributed by atoms with Gasteiger partial charge in [-0.15, -0.1) is 0 Å². The minimum Gasteiger partial charge on any atom is -0.493 e. The Morgan fingerprint density at radius 3 is 2.71 bits per heavy atom. The molecule has 0 bridgehead atoms. The van der Waals surface area contributed by atoms with Crippen LogP contribution in [0.1, 0.15) is 44.8 Å². The van der Waals surface area contributed by atoms with Gasteiger partial charge in [-0.05, 0) is 53.1 Å². The van der Waals surface area contributed by atoms with Crippen molar-refractivity contribution in [3.63, 3.8) is 0 Å². The van der Waals surface area contributed by atoms with Gasteiger partial charge in [-0.2, -0.15) is 10.1 Å². The van der Waals surface area contributed by atoms with Crippen LogP contribution in [0.3, 0.4) is 0 Å². The van der Waals surface area contributed by atoms with Gasteiger partial charge in [-0.1, -0.05) is 41.9 Å². The van der Waals surface area contributed by atoms with Crippen molar-refractivity contribution < 1.29 is 9.90 Å². The van der Waals surface area contributed by atoms with E-state index in [0.717, 1.165) is 16.7 Å². The second kappa shape index (κ2) is 9.69. The van der Waals surface area contributed by atoms with Crippen LogP contribution in [0.2, 0.25) is 5.02 Å². The van der Waals surface area contributed by atoms with Crippen LogP contribution in [0, 0.1) is 0 Å². The minimum atomic E-state index is -0.720. The number of hydrogen-bond donors (Lipinski definition) is 4. The Bertz CT molecular complexity index is 1420. The van der Waals surface area contributed by atoms with E-state index in [-0.39, 0.29) is 23.5 Å². The van der Waals surface area contributed by atoms with Crippen LogP contribution in [0.4, 0.5) is 0 Å². The number of carbonyl (C=O) groups excluding carboxylic acids is 1. The molecule has 0 aliphatic carbocycles. The third kappa shape index (κ3) is 4.80. The van der Waals surface area contributed by atoms with E-state index in [2.05, 4.69) is 20.8 Å². The standard InChI is InChI=1S/C26H23ClN6O2/c27-20-7-4-16(5-8-20)23(32-25(34)18-3-1-2-15(10-18)12-28)24-31-22-9-6-17(19-13-29-30-14-19)11-21(22)26(35)33-24/h1-11,13,19,23,30H,12,14,28H2,(H,32,34)(H,31,33,35). The van der Waals surface area contributed by atoms with Crippen molar-refractivity contribution in [2.75, 3.05) is 6.54 Å². The molecule has 1 aromatic heterocycles. The number of nitrogens with zero attached hydrogens (tertiary/aromatic N) is 3. The quantitative estimate of drug-likeness (QED) is 0.329. The van der Waals surface area contributed by atoms with E-state index in [1.54, 1.807) is 42.5 Å². The van der Waals surface area contributed by atoms with Gasteiger partial charge in [0, 0.05) is 35.8 Å². The first-order chi connectivity index (χ1) is 17.0. The summed E-state index contributed by atoms with van der Waals surface area (Å²) in [5, 5.41) is 19.0. The van der Waals surface area contributed by atoms with Crippen LogP contribution in [0.25, 0.3) is 10.9 Å². The zero-order valence-electron chi connectivity index (χ0n) is 18.6. The molecule has 0 saturated heterocycles. The molecule has 4 aromatic rings. The summed E-state index contributed by atoms with van der Waals surface area (Å²) in [5.41, 5.74) is 12.3. The molecule has 5 rings (SSSR count). The van der Waals surface area contributed by atoms with Crippen LogP contribution in [0.15, 0.2) is 71.8 Å². The fourth-order valence-corrected chi connectivity index (χ4v) is 4.19. The maximum absolute atomic E-state index is 13.2. The minimum absolute atomic E-state index is 0.115. The molecule has 0 fully saturated rings. The third-order valence-electron chi connectivity index (χ3n) is 5.96. The molecule has 176 valence electrons. The number of benzene rings is 3. The number of amides is 1. The Hall–Kier alpha value is -4.01. The molecule has 0 saturated carbocycles. The van der Waals surface area contributed by atoms with Crippen LogP contribution in [-0.4, -0.2) is 33.7 Å². The van der Waals surface area contributed by atoms with Gasteiger partial charge >= 0.3 is 0 Å². The molecule has 2 heterocycles. The largest absolute Gasteiger partial charge is 0.493 e. The number of nitrogens with one attached hydrogen (secondary N) is 2. The summed E-state index contributed by atoms with van der Waals surface area (Å²) in [6.45, 7) is 1.02. The van der Waals surface area contributed by atoms with Crippen molar-refractivity contribution in [3.05, 3.63) is 99.8 Å². The fraction of sp³-hybridized carbons (Fsp3) is 0.154. The smallest absolute Gasteiger partial charge is 0.252 e. The summed E-state index contributed by atoms with van der Waals surface area (Å²) in [7, 11) is 0. The zero-order chi connectivity index (χ0) is 24.4. The van der Waals surface area contributed by atoms with E-state index in [4.69, 9.17) is 22.3 Å². The van der Waals surface area contributed by atoms with E-state index >= 15 is 0 Å². The van der Waals surface area contributed by atoms with Crippen molar-refractivity contribution in [1.82, 2.24) is 20.7 Å². The van der Waals surface area contributed by atoms with Crippen LogP contribution >= 0.6 is 11.6 Å². The molecule has 2 unspecified atom stereocenters. The highest BCUT2D eigenvalue weighted by molar-refractivity contribution is 6.30. The summed E-state index contributed by atoms with van der Waals surface area (Å²) in [6.07, 6.45) is 1.83. The van der Waals surface area contributed by atoms with Crippen LogP contribution in [-0.2, 0) is 6.54 Å². The predicted molar refractivity (Wildman–Crippen MR) is 136 cm³/mol. The van der Waals surface area contributed by atoms with E-state index in [1.807, 2.05) is 30.5 Å². The second-order valence-corrected chi connectivity index (χ2v) is 8.73. The molecule has 3 aromatic carbocycles. The molecule has 2 atom stereocenters. The molecule has 9 heteroatoms. The van der Waals surface area contributed by atoms with Crippen molar-refractivity contribution in [1.29, 1.82) is 0 Å². The Morgan fingerprint density at radius 2 is 1.97 bits per heavy atom. The average Bonchev–Trinajstić information content (AvgIpc) is 3.43. The van der Waals surface area contributed by atoms with Gasteiger partial charge in [0.2, 0.25) is 5.88 Å². The lowest BCUT2D eigenvalue weighted by Crippen LogP contribution is -2.30. The van der Waals surface area contributed by atoms with Crippen molar-refractivity contribution in [2.24, 2.45) is 10.8 Å². The maximum Gasteiger partial charge on any atom is 0.252 e. The number of hydrazone groups is 1. The number of nitrogens with two attached hydrogens (primary N) is 1. The topological polar surface area (TPSA) is 126 Å². The number of aromatic hydroxyl groups is 1. The summed E-state index contributed by atoms with van der Waals surface area (Å²) >= 11 is 6.09. The van der Waals surface area contributed by atoms with Gasteiger partial charge in [0.25, 0.3) is 5.91 Å². The van der Waals surface area contributed by atoms with Gasteiger partial charge in [0.05, 0.1) is 10.9 Å². The summed E-state index contributed by atoms with van der Waals surface area (Å²) in [4.78, 5) is 22.2. The van der Waals surface area contributed by atoms with Crippen molar-refractivity contribution in [3.8, 4) is 5.88 Å². The second-order valence-electron chi connectivity index (χ2n) is 8.29. The Morgan fingerprint density at radius 1 is 1.14 bits per heavy atom. The van der Waals surface area contributed by atoms with Gasteiger partial charge in [-0.3, -0.25) is 4.79 Å². The molecule has 5 N–H and O–H groups in total. The molecule has 8 nitrogen and oxygen atoms in total. The average molecular weight is 487 g/mol. The summed E-state index contributed by atoms with van der Waals surface area (Å²) < 4.78 is 0. The molecule has 1 aliphatic rings. The first kappa shape index (κ1) is 22.8. The zero-order valence-corrected chi connectivity index (χ0v) is 19.4. The van der Waals surface area contributed by atoms with Gasteiger partial charge in [0.15, 0.2) is 5.82 Å². The van der Waals surface area contributed by atoms with Crippen LogP contribution in [0.5, 0.6) is 5.88 Å². The Labute approximate surface area is 206 Å². The van der Waals surface area contributed by atoms with E-state index in [1.165, 1.54) is 0 Å². The lowest BCUT2D eigenvalue weighted by Gasteiger charge is -2.19. The normalized spacial score (nSPS) is 15.7. The maximum atomic E-state index is 13.2. The predicted octanol–water partition coefficient (Wildman–Crippen LogP) is 3.64. The first-order valence-corrected chi connectivity index (χ1v) is 11.5. The first-order valence-electron chi connectivity index (χ1n) is 11.1. The van der Waals surface area contributed by atoms with Gasteiger partial charge < -0.3 is 21.6 Å². The SMILES string of the molecule is NCc1cccc(C(=O)NC(c2ccc(Cl)cc2)c2nc(O)c3cc(C4C=NNC4)ccc3n2)c1. The summed E-state index contributed by atoms with van der Waals surface area (Å²) in [5.74, 6) is -0.0961. The number of rotatable bonds is 6.